The number of anilines is 1. The average molecular weight is 250 g/mol. The predicted octanol–water partition coefficient (Wildman–Crippen LogP) is 3.51. The third-order valence-corrected chi connectivity index (χ3v) is 3.22. The molecular weight excluding hydrogens is 227 g/mol. The zero-order chi connectivity index (χ0) is 13.5. The molecule has 0 bridgehead atoms. The van der Waals surface area contributed by atoms with Crippen molar-refractivity contribution in [3.63, 3.8) is 0 Å². The molecule has 100 valence electrons. The Labute approximate surface area is 110 Å². The van der Waals surface area contributed by atoms with E-state index in [1.807, 2.05) is 44.1 Å². The SMILES string of the molecule is C=CCCCN(C)c1ccc(C(C)NC)cc1F. The van der Waals surface area contributed by atoms with E-state index in [0.717, 1.165) is 24.9 Å². The van der Waals surface area contributed by atoms with Crippen LogP contribution in [0.25, 0.3) is 0 Å². The molecular formula is C15H23FN2. The maximum atomic E-state index is 14.0. The van der Waals surface area contributed by atoms with E-state index in [2.05, 4.69) is 11.9 Å². The van der Waals surface area contributed by atoms with E-state index >= 15 is 0 Å². The molecule has 1 aromatic rings. The van der Waals surface area contributed by atoms with Crippen molar-refractivity contribution in [1.82, 2.24) is 5.32 Å². The van der Waals surface area contributed by atoms with Crippen LogP contribution in [0.3, 0.4) is 0 Å². The van der Waals surface area contributed by atoms with Gasteiger partial charge in [0.2, 0.25) is 0 Å². The fraction of sp³-hybridized carbons (Fsp3) is 0.467. The molecule has 1 N–H and O–H groups in total. The number of allylic oxidation sites excluding steroid dienone is 1. The molecule has 0 aliphatic carbocycles. The molecule has 0 radical (unpaired) electrons. The quantitative estimate of drug-likeness (QED) is 0.588. The summed E-state index contributed by atoms with van der Waals surface area (Å²) >= 11 is 0. The van der Waals surface area contributed by atoms with Crippen LogP contribution in [-0.4, -0.2) is 20.6 Å². The van der Waals surface area contributed by atoms with Gasteiger partial charge < -0.3 is 10.2 Å². The van der Waals surface area contributed by atoms with Crippen LogP contribution in [0.15, 0.2) is 30.9 Å². The Morgan fingerprint density at radius 3 is 2.78 bits per heavy atom. The highest BCUT2D eigenvalue weighted by Crippen LogP contribution is 2.22. The van der Waals surface area contributed by atoms with Crippen LogP contribution in [0.2, 0.25) is 0 Å². The van der Waals surface area contributed by atoms with Gasteiger partial charge in [-0.05, 0) is 44.5 Å². The maximum absolute atomic E-state index is 14.0. The van der Waals surface area contributed by atoms with Crippen LogP contribution in [0, 0.1) is 5.82 Å². The van der Waals surface area contributed by atoms with Crippen LogP contribution in [0.5, 0.6) is 0 Å². The smallest absolute Gasteiger partial charge is 0.146 e. The van der Waals surface area contributed by atoms with E-state index in [1.165, 1.54) is 0 Å². The Morgan fingerprint density at radius 2 is 2.22 bits per heavy atom. The molecule has 0 heterocycles. The summed E-state index contributed by atoms with van der Waals surface area (Å²) in [5.41, 5.74) is 1.63. The number of rotatable bonds is 7. The number of hydrogen-bond acceptors (Lipinski definition) is 2. The normalized spacial score (nSPS) is 12.2. The van der Waals surface area contributed by atoms with Crippen LogP contribution in [-0.2, 0) is 0 Å². The van der Waals surface area contributed by atoms with Gasteiger partial charge in [-0.15, -0.1) is 6.58 Å². The summed E-state index contributed by atoms with van der Waals surface area (Å²) < 4.78 is 14.0. The molecule has 0 saturated heterocycles. The van der Waals surface area contributed by atoms with Crippen LogP contribution < -0.4 is 10.2 Å². The molecule has 2 nitrogen and oxygen atoms in total. The van der Waals surface area contributed by atoms with Gasteiger partial charge >= 0.3 is 0 Å². The summed E-state index contributed by atoms with van der Waals surface area (Å²) in [6, 6.07) is 5.61. The second kappa shape index (κ2) is 7.17. The van der Waals surface area contributed by atoms with E-state index in [1.54, 1.807) is 6.07 Å². The first kappa shape index (κ1) is 14.7. The summed E-state index contributed by atoms with van der Waals surface area (Å²) in [5.74, 6) is -0.157. The third kappa shape index (κ3) is 3.84. The molecule has 1 rings (SSSR count). The minimum absolute atomic E-state index is 0.157. The number of nitrogens with one attached hydrogen (secondary N) is 1. The zero-order valence-electron chi connectivity index (χ0n) is 11.5. The molecule has 3 heteroatoms. The number of halogens is 1. The number of unbranched alkanes of at least 4 members (excludes halogenated alkanes) is 1. The molecule has 18 heavy (non-hydrogen) atoms. The molecule has 0 aliphatic heterocycles. The Morgan fingerprint density at radius 1 is 1.50 bits per heavy atom. The summed E-state index contributed by atoms with van der Waals surface area (Å²) in [7, 11) is 3.79. The third-order valence-electron chi connectivity index (χ3n) is 3.22. The lowest BCUT2D eigenvalue weighted by Gasteiger charge is -2.21. The van der Waals surface area contributed by atoms with Gasteiger partial charge in [-0.2, -0.15) is 0 Å². The molecule has 1 unspecified atom stereocenters. The molecule has 1 aromatic carbocycles. The van der Waals surface area contributed by atoms with Gasteiger partial charge in [-0.1, -0.05) is 12.1 Å². The maximum Gasteiger partial charge on any atom is 0.146 e. The molecule has 1 atom stereocenters. The van der Waals surface area contributed by atoms with Crippen LogP contribution in [0.4, 0.5) is 10.1 Å². The van der Waals surface area contributed by atoms with E-state index < -0.39 is 0 Å². The van der Waals surface area contributed by atoms with Crippen molar-refractivity contribution in [3.05, 3.63) is 42.2 Å². The van der Waals surface area contributed by atoms with E-state index in [-0.39, 0.29) is 11.9 Å². The first-order chi connectivity index (χ1) is 8.60. The summed E-state index contributed by atoms with van der Waals surface area (Å²) in [6.45, 7) is 6.54. The van der Waals surface area contributed by atoms with Gasteiger partial charge in [0.05, 0.1) is 5.69 Å². The summed E-state index contributed by atoms with van der Waals surface area (Å²) in [4.78, 5) is 1.95. The van der Waals surface area contributed by atoms with Crippen molar-refractivity contribution in [2.24, 2.45) is 0 Å². The lowest BCUT2D eigenvalue weighted by atomic mass is 10.1. The summed E-state index contributed by atoms with van der Waals surface area (Å²) in [5, 5.41) is 3.11. The highest BCUT2D eigenvalue weighted by atomic mass is 19.1. The topological polar surface area (TPSA) is 15.3 Å². The lowest BCUT2D eigenvalue weighted by Crippen LogP contribution is -2.20. The second-order valence-corrected chi connectivity index (χ2v) is 4.57. The molecule has 0 spiro atoms. The fourth-order valence-corrected chi connectivity index (χ4v) is 1.86. The first-order valence-electron chi connectivity index (χ1n) is 6.39. The lowest BCUT2D eigenvalue weighted by molar-refractivity contribution is 0.604. The van der Waals surface area contributed by atoms with Crippen molar-refractivity contribution >= 4 is 5.69 Å². The van der Waals surface area contributed by atoms with Crippen molar-refractivity contribution in [1.29, 1.82) is 0 Å². The van der Waals surface area contributed by atoms with Crippen LogP contribution >= 0.6 is 0 Å². The molecule has 0 aromatic heterocycles. The molecule has 0 saturated carbocycles. The minimum atomic E-state index is -0.157. The number of hydrogen-bond donors (Lipinski definition) is 1. The highest BCUT2D eigenvalue weighted by molar-refractivity contribution is 5.48. The Kier molecular flexibility index (Phi) is 5.86. The monoisotopic (exact) mass is 250 g/mol. The van der Waals surface area contributed by atoms with E-state index in [4.69, 9.17) is 0 Å². The highest BCUT2D eigenvalue weighted by Gasteiger charge is 2.10. The predicted molar refractivity (Wildman–Crippen MR) is 76.6 cm³/mol. The largest absolute Gasteiger partial charge is 0.372 e. The minimum Gasteiger partial charge on any atom is -0.372 e. The Hall–Kier alpha value is -1.35. The van der Waals surface area contributed by atoms with E-state index in [9.17, 15) is 4.39 Å². The molecule has 0 amide bonds. The van der Waals surface area contributed by atoms with Crippen LogP contribution in [0.1, 0.15) is 31.4 Å². The number of benzene rings is 1. The van der Waals surface area contributed by atoms with Gasteiger partial charge in [-0.25, -0.2) is 4.39 Å². The average Bonchev–Trinajstić information content (AvgIpc) is 2.37. The standard InChI is InChI=1S/C15H23FN2/c1-5-6-7-10-18(4)15-9-8-13(11-14(15)16)12(2)17-3/h5,8-9,11-12,17H,1,6-7,10H2,2-4H3. The van der Waals surface area contributed by atoms with Gasteiger partial charge in [-0.3, -0.25) is 0 Å². The first-order valence-corrected chi connectivity index (χ1v) is 6.39. The summed E-state index contributed by atoms with van der Waals surface area (Å²) in [6.07, 6.45) is 3.84. The second-order valence-electron chi connectivity index (χ2n) is 4.57. The number of nitrogens with zero attached hydrogens (tertiary/aromatic N) is 1. The Bertz CT molecular complexity index is 390. The van der Waals surface area contributed by atoms with Gasteiger partial charge in [0.25, 0.3) is 0 Å². The Balaban J connectivity index is 2.75. The van der Waals surface area contributed by atoms with Gasteiger partial charge in [0.15, 0.2) is 0 Å². The fourth-order valence-electron chi connectivity index (χ4n) is 1.86. The van der Waals surface area contributed by atoms with Crippen molar-refractivity contribution < 1.29 is 4.39 Å². The zero-order valence-corrected chi connectivity index (χ0v) is 11.5. The van der Waals surface area contributed by atoms with Gasteiger partial charge in [0.1, 0.15) is 5.82 Å². The van der Waals surface area contributed by atoms with Crippen molar-refractivity contribution in [2.45, 2.75) is 25.8 Å². The molecule has 0 aliphatic rings. The van der Waals surface area contributed by atoms with E-state index in [0.29, 0.717) is 5.69 Å². The van der Waals surface area contributed by atoms with Crippen molar-refractivity contribution in [3.8, 4) is 0 Å². The van der Waals surface area contributed by atoms with Crippen molar-refractivity contribution in [2.75, 3.05) is 25.5 Å². The van der Waals surface area contributed by atoms with Gasteiger partial charge in [0, 0.05) is 19.6 Å². The molecule has 0 fully saturated rings.